The molecule has 152 valence electrons. The zero-order valence-corrected chi connectivity index (χ0v) is 17.8. The number of benzene rings is 1. The molecule has 0 radical (unpaired) electrons. The normalized spacial score (nSPS) is 19.0. The van der Waals surface area contributed by atoms with Crippen molar-refractivity contribution < 1.29 is 14.1 Å². The molecule has 30 heavy (non-hydrogen) atoms. The highest BCUT2D eigenvalue weighted by molar-refractivity contribution is 9.10. The van der Waals surface area contributed by atoms with Crippen LogP contribution in [0.5, 0.6) is 0 Å². The summed E-state index contributed by atoms with van der Waals surface area (Å²) in [6, 6.07) is 7.09. The van der Waals surface area contributed by atoms with Gasteiger partial charge in [0.2, 0.25) is 0 Å². The van der Waals surface area contributed by atoms with E-state index in [1.165, 1.54) is 22.3 Å². The third-order valence-corrected chi connectivity index (χ3v) is 6.92. The van der Waals surface area contributed by atoms with E-state index in [1.807, 2.05) is 11.4 Å². The largest absolute Gasteiger partial charge is 0.384 e. The summed E-state index contributed by atoms with van der Waals surface area (Å²) in [5.41, 5.74) is 6.99. The second-order valence-electron chi connectivity index (χ2n) is 6.87. The van der Waals surface area contributed by atoms with Crippen LogP contribution in [0, 0.1) is 27.3 Å². The van der Waals surface area contributed by atoms with Crippen molar-refractivity contribution in [2.24, 2.45) is 5.73 Å². The van der Waals surface area contributed by atoms with Gasteiger partial charge >= 0.3 is 0 Å². The molecule has 1 aromatic heterocycles. The summed E-state index contributed by atoms with van der Waals surface area (Å²) in [6.07, 6.45) is 1.33. The minimum absolute atomic E-state index is 0.00943. The number of thiophene rings is 1. The van der Waals surface area contributed by atoms with Crippen molar-refractivity contribution >= 4 is 44.4 Å². The Morgan fingerprint density at radius 1 is 1.37 bits per heavy atom. The molecule has 2 N–H and O–H groups in total. The van der Waals surface area contributed by atoms with Crippen LogP contribution in [-0.2, 0) is 4.79 Å². The third kappa shape index (κ3) is 3.20. The Kier molecular flexibility index (Phi) is 5.17. The van der Waals surface area contributed by atoms with Gasteiger partial charge in [-0.2, -0.15) is 5.26 Å². The van der Waals surface area contributed by atoms with Gasteiger partial charge < -0.3 is 5.73 Å². The number of nitro groups is 1. The number of Topliss-reactive ketones (excluding diaryl/α,β-unsaturated/α-hetero) is 1. The van der Waals surface area contributed by atoms with Gasteiger partial charge in [0.15, 0.2) is 5.78 Å². The monoisotopic (exact) mass is 488 g/mol. The summed E-state index contributed by atoms with van der Waals surface area (Å²) >= 11 is 4.79. The number of hydrogen-bond acceptors (Lipinski definition) is 7. The van der Waals surface area contributed by atoms with Crippen LogP contribution < -0.4 is 10.6 Å². The van der Waals surface area contributed by atoms with Gasteiger partial charge in [-0.15, -0.1) is 11.3 Å². The Hall–Kier alpha value is -3.03. The first-order chi connectivity index (χ1) is 14.3. The molecular weight excluding hydrogens is 475 g/mol. The number of halogens is 2. The van der Waals surface area contributed by atoms with Gasteiger partial charge in [-0.3, -0.25) is 19.8 Å². The number of rotatable bonds is 3. The highest BCUT2D eigenvalue weighted by atomic mass is 79.9. The number of hydrogen-bond donors (Lipinski definition) is 1. The van der Waals surface area contributed by atoms with Crippen LogP contribution in [-0.4, -0.2) is 10.7 Å². The summed E-state index contributed by atoms with van der Waals surface area (Å²) < 4.78 is 14.5. The van der Waals surface area contributed by atoms with Crippen LogP contribution in [0.1, 0.15) is 30.1 Å². The van der Waals surface area contributed by atoms with Gasteiger partial charge in [0, 0.05) is 32.4 Å². The lowest BCUT2D eigenvalue weighted by molar-refractivity contribution is -0.384. The maximum Gasteiger partial charge on any atom is 0.296 e. The molecule has 0 bridgehead atoms. The van der Waals surface area contributed by atoms with Crippen LogP contribution in [0.2, 0.25) is 0 Å². The summed E-state index contributed by atoms with van der Waals surface area (Å²) in [6.45, 7) is 0. The minimum Gasteiger partial charge on any atom is -0.384 e. The predicted molar refractivity (Wildman–Crippen MR) is 113 cm³/mol. The third-order valence-electron chi connectivity index (χ3n) is 5.16. The highest BCUT2D eigenvalue weighted by Crippen LogP contribution is 2.49. The van der Waals surface area contributed by atoms with E-state index in [0.29, 0.717) is 30.5 Å². The number of allylic oxidation sites excluding steroid dienone is 3. The fourth-order valence-corrected chi connectivity index (χ4v) is 5.52. The van der Waals surface area contributed by atoms with Gasteiger partial charge in [-0.1, -0.05) is 0 Å². The van der Waals surface area contributed by atoms with Gasteiger partial charge in [-0.05, 0) is 47.0 Å². The number of nitrogens with two attached hydrogens (primary N) is 1. The van der Waals surface area contributed by atoms with Crippen molar-refractivity contribution in [3.05, 3.63) is 77.6 Å². The Balaban J connectivity index is 2.01. The second kappa shape index (κ2) is 7.66. The standard InChI is InChI=1S/C20H14BrFN4O3S/c21-10-6-17(30-9-10)18-12(8-23)20(24)25(14-2-1-3-16(27)19(14)18)13-5-4-11(22)7-15(13)26(28)29/h4-7,9,18H,1-3,24H2. The van der Waals surface area contributed by atoms with Crippen molar-refractivity contribution in [1.82, 2.24) is 0 Å². The molecule has 10 heteroatoms. The lowest BCUT2D eigenvalue weighted by Gasteiger charge is -2.38. The SMILES string of the molecule is N#CC1=C(N)N(c2ccc(F)cc2[N+](=O)[O-])C2=C(C(=O)CCC2)C1c1cc(Br)cs1. The molecule has 0 spiro atoms. The first-order valence-corrected chi connectivity index (χ1v) is 10.6. The van der Waals surface area contributed by atoms with E-state index in [0.717, 1.165) is 21.5 Å². The number of nitro benzene ring substituents is 1. The Morgan fingerprint density at radius 3 is 2.77 bits per heavy atom. The quantitative estimate of drug-likeness (QED) is 0.487. The first kappa shape index (κ1) is 20.3. The molecule has 1 unspecified atom stereocenters. The van der Waals surface area contributed by atoms with E-state index < -0.39 is 22.3 Å². The molecule has 0 saturated heterocycles. The lowest BCUT2D eigenvalue weighted by atomic mass is 9.78. The van der Waals surface area contributed by atoms with Gasteiger partial charge in [0.1, 0.15) is 17.3 Å². The van der Waals surface area contributed by atoms with Crippen LogP contribution in [0.4, 0.5) is 15.8 Å². The summed E-state index contributed by atoms with van der Waals surface area (Å²) in [5.74, 6) is -1.51. The Bertz CT molecular complexity index is 1200. The molecule has 1 atom stereocenters. The fraction of sp³-hybridized carbons (Fsp3) is 0.200. The fourth-order valence-electron chi connectivity index (χ4n) is 3.96. The van der Waals surface area contributed by atoms with Crippen LogP contribution in [0.15, 0.2) is 56.8 Å². The van der Waals surface area contributed by atoms with E-state index >= 15 is 0 Å². The molecule has 1 aliphatic heterocycles. The smallest absolute Gasteiger partial charge is 0.296 e. The lowest BCUT2D eigenvalue weighted by Crippen LogP contribution is -2.38. The summed E-state index contributed by atoms with van der Waals surface area (Å²) in [5, 5.41) is 23.4. The molecule has 0 fully saturated rings. The zero-order valence-electron chi connectivity index (χ0n) is 15.4. The number of nitriles is 1. The molecule has 4 rings (SSSR count). The molecule has 2 aromatic rings. The van der Waals surface area contributed by atoms with Crippen molar-refractivity contribution in [1.29, 1.82) is 5.26 Å². The van der Waals surface area contributed by atoms with E-state index in [-0.39, 0.29) is 22.9 Å². The maximum absolute atomic E-state index is 13.7. The number of nitrogens with zero attached hydrogens (tertiary/aromatic N) is 3. The van der Waals surface area contributed by atoms with E-state index in [2.05, 4.69) is 22.0 Å². The van der Waals surface area contributed by atoms with Crippen LogP contribution >= 0.6 is 27.3 Å². The molecule has 1 aromatic carbocycles. The van der Waals surface area contributed by atoms with Gasteiger partial charge in [0.25, 0.3) is 5.69 Å². The molecule has 0 saturated carbocycles. The number of anilines is 1. The van der Waals surface area contributed by atoms with Crippen molar-refractivity contribution in [3.63, 3.8) is 0 Å². The van der Waals surface area contributed by atoms with Crippen LogP contribution in [0.25, 0.3) is 0 Å². The average molecular weight is 489 g/mol. The average Bonchev–Trinajstić information content (AvgIpc) is 3.13. The van der Waals surface area contributed by atoms with Gasteiger partial charge in [0.05, 0.1) is 28.5 Å². The van der Waals surface area contributed by atoms with Crippen molar-refractivity contribution in [3.8, 4) is 6.07 Å². The Morgan fingerprint density at radius 2 is 2.13 bits per heavy atom. The topological polar surface area (TPSA) is 113 Å². The number of carbonyl (C=O) groups excluding carboxylic acids is 1. The molecule has 7 nitrogen and oxygen atoms in total. The minimum atomic E-state index is -0.763. The molecule has 1 aliphatic carbocycles. The van der Waals surface area contributed by atoms with E-state index in [1.54, 1.807) is 0 Å². The molecule has 2 heterocycles. The number of carbonyl (C=O) groups is 1. The van der Waals surface area contributed by atoms with Crippen molar-refractivity contribution in [2.45, 2.75) is 25.2 Å². The zero-order chi connectivity index (χ0) is 21.6. The first-order valence-electron chi connectivity index (χ1n) is 8.97. The molecule has 2 aliphatic rings. The summed E-state index contributed by atoms with van der Waals surface area (Å²) in [7, 11) is 0. The van der Waals surface area contributed by atoms with Gasteiger partial charge in [-0.25, -0.2) is 4.39 Å². The van der Waals surface area contributed by atoms with Crippen LogP contribution in [0.3, 0.4) is 0 Å². The highest BCUT2D eigenvalue weighted by Gasteiger charge is 2.42. The predicted octanol–water partition coefficient (Wildman–Crippen LogP) is 4.86. The Labute approximate surface area is 183 Å². The number of ketones is 1. The maximum atomic E-state index is 13.7. The summed E-state index contributed by atoms with van der Waals surface area (Å²) in [4.78, 5) is 26.0. The van der Waals surface area contributed by atoms with Crippen molar-refractivity contribution in [2.75, 3.05) is 4.90 Å². The van der Waals surface area contributed by atoms with E-state index in [9.17, 15) is 24.6 Å². The molecular formula is C20H14BrFN4O3S. The van der Waals surface area contributed by atoms with E-state index in [4.69, 9.17) is 5.73 Å². The second-order valence-corrected chi connectivity index (χ2v) is 8.73. The molecule has 0 amide bonds.